The van der Waals surface area contributed by atoms with Gasteiger partial charge in [-0.3, -0.25) is 14.4 Å². The van der Waals surface area contributed by atoms with Gasteiger partial charge in [-0.2, -0.15) is 8.78 Å². The highest BCUT2D eigenvalue weighted by atomic mass is 32.2. The number of alkyl halides is 2. The molecule has 0 saturated carbocycles. The lowest BCUT2D eigenvalue weighted by molar-refractivity contribution is -0.160. The van der Waals surface area contributed by atoms with Crippen LogP contribution in [-0.2, 0) is 33.8 Å². The summed E-state index contributed by atoms with van der Waals surface area (Å²) in [5, 5.41) is 8.74. The molecule has 1 saturated heterocycles. The van der Waals surface area contributed by atoms with E-state index < -0.39 is 43.0 Å². The molecule has 4 heterocycles. The average Bonchev–Trinajstić information content (AvgIpc) is 3.61. The van der Waals surface area contributed by atoms with Gasteiger partial charge in [-0.15, -0.1) is 11.3 Å². The van der Waals surface area contributed by atoms with Gasteiger partial charge in [-0.1, -0.05) is 23.9 Å². The Bertz CT molecular complexity index is 1490. The minimum atomic E-state index is -3.03. The summed E-state index contributed by atoms with van der Waals surface area (Å²) in [4.78, 5) is 44.5. The number of carbonyl (C=O) groups excluding carboxylic acids is 3. The number of hydrogen-bond donors (Lipinski definition) is 3. The van der Waals surface area contributed by atoms with E-state index in [1.54, 1.807) is 29.5 Å². The first-order valence-corrected chi connectivity index (χ1v) is 15.2. The fraction of sp³-hybridized carbons (Fsp3) is 0.345. The third-order valence-electron chi connectivity index (χ3n) is 7.30. The first-order valence-electron chi connectivity index (χ1n) is 13.5. The number of halogens is 2. The maximum Gasteiger partial charge on any atom is 0.345 e. The van der Waals surface area contributed by atoms with E-state index >= 15 is 0 Å². The van der Waals surface area contributed by atoms with Gasteiger partial charge in [0.05, 0.1) is 29.0 Å². The van der Waals surface area contributed by atoms with Crippen LogP contribution in [0, 0.1) is 0 Å². The highest BCUT2D eigenvalue weighted by Gasteiger charge is 2.41. The molecule has 0 radical (unpaired) electrons. The summed E-state index contributed by atoms with van der Waals surface area (Å²) in [5.74, 6) is -0.305. The summed E-state index contributed by atoms with van der Waals surface area (Å²) in [5.41, 5.74) is 1.51. The summed E-state index contributed by atoms with van der Waals surface area (Å²) in [6.45, 7) is -1.65. The molecule has 3 aliphatic heterocycles. The van der Waals surface area contributed by atoms with Crippen LogP contribution in [0.2, 0.25) is 0 Å². The number of amides is 3. The predicted molar refractivity (Wildman–Crippen MR) is 152 cm³/mol. The number of fused-ring (bicyclic) bond motifs is 3. The summed E-state index contributed by atoms with van der Waals surface area (Å²) >= 11 is 3.17. The number of nitrogens with zero attached hydrogens (tertiary/aromatic N) is 1. The van der Waals surface area contributed by atoms with Crippen LogP contribution in [0.1, 0.15) is 32.1 Å². The van der Waals surface area contributed by atoms with Gasteiger partial charge >= 0.3 is 6.61 Å². The van der Waals surface area contributed by atoms with Crippen LogP contribution in [0.4, 0.5) is 8.78 Å². The third kappa shape index (κ3) is 6.28. The second kappa shape index (κ2) is 12.4. The molecule has 0 spiro atoms. The molecule has 2 aromatic carbocycles. The topological polar surface area (TPSA) is 109 Å². The molecule has 1 fully saturated rings. The lowest BCUT2D eigenvalue weighted by Crippen LogP contribution is -2.48. The summed E-state index contributed by atoms with van der Waals surface area (Å²) in [6.07, 6.45) is -0.135. The first-order chi connectivity index (χ1) is 20.3. The number of likely N-dealkylation sites (tertiary alicyclic amines) is 1. The van der Waals surface area contributed by atoms with Gasteiger partial charge in [0.2, 0.25) is 11.8 Å². The van der Waals surface area contributed by atoms with Crippen molar-refractivity contribution in [2.45, 2.75) is 54.5 Å². The zero-order valence-electron chi connectivity index (χ0n) is 22.4. The van der Waals surface area contributed by atoms with E-state index in [1.165, 1.54) is 27.1 Å². The van der Waals surface area contributed by atoms with Crippen molar-refractivity contribution in [3.63, 3.8) is 0 Å². The highest BCUT2D eigenvalue weighted by Crippen LogP contribution is 2.46. The van der Waals surface area contributed by atoms with Crippen molar-refractivity contribution in [2.24, 2.45) is 0 Å². The van der Waals surface area contributed by atoms with E-state index in [1.807, 2.05) is 30.3 Å². The number of ether oxygens (including phenoxy) is 2. The quantitative estimate of drug-likeness (QED) is 0.276. The van der Waals surface area contributed by atoms with Crippen LogP contribution in [0.25, 0.3) is 0 Å². The number of benzene rings is 2. The van der Waals surface area contributed by atoms with Gasteiger partial charge < -0.3 is 30.3 Å². The van der Waals surface area contributed by atoms with Crippen LogP contribution in [-0.4, -0.2) is 61.0 Å². The van der Waals surface area contributed by atoms with E-state index in [-0.39, 0.29) is 19.5 Å². The predicted octanol–water partition coefficient (Wildman–Crippen LogP) is 3.91. The Morgan fingerprint density at radius 1 is 1.10 bits per heavy atom. The van der Waals surface area contributed by atoms with Crippen LogP contribution in [0.5, 0.6) is 11.5 Å². The van der Waals surface area contributed by atoms with Crippen molar-refractivity contribution in [3.05, 3.63) is 69.4 Å². The Morgan fingerprint density at radius 2 is 1.93 bits per heavy atom. The fourth-order valence-corrected chi connectivity index (χ4v) is 7.35. The Labute approximate surface area is 248 Å². The molecule has 3 amide bonds. The van der Waals surface area contributed by atoms with Gasteiger partial charge in [0.15, 0.2) is 0 Å². The molecule has 3 N–H and O–H groups in total. The van der Waals surface area contributed by atoms with Crippen LogP contribution < -0.4 is 20.7 Å². The van der Waals surface area contributed by atoms with Crippen molar-refractivity contribution >= 4 is 40.8 Å². The number of thiophene rings is 1. The molecule has 0 aliphatic carbocycles. The van der Waals surface area contributed by atoms with E-state index in [9.17, 15) is 23.2 Å². The molecule has 13 heteroatoms. The van der Waals surface area contributed by atoms with Crippen molar-refractivity contribution in [1.29, 1.82) is 0 Å². The Hall–Kier alpha value is -3.52. The molecule has 42 heavy (non-hydrogen) atoms. The number of hydrogen-bond acceptors (Lipinski definition) is 8. The average molecular weight is 615 g/mol. The number of rotatable bonds is 8. The fourth-order valence-electron chi connectivity index (χ4n) is 5.29. The van der Waals surface area contributed by atoms with Gasteiger partial charge in [0, 0.05) is 41.4 Å². The lowest BCUT2D eigenvalue weighted by Gasteiger charge is -2.24. The third-order valence-corrected chi connectivity index (χ3v) is 9.66. The van der Waals surface area contributed by atoms with E-state index in [2.05, 4.69) is 20.7 Å². The molecular weight excluding hydrogens is 586 g/mol. The zero-order chi connectivity index (χ0) is 29.2. The number of para-hydroxylation sites is 1. The second-order valence-electron chi connectivity index (χ2n) is 10.1. The number of nitrogens with one attached hydrogen (secondary N) is 3. The van der Waals surface area contributed by atoms with Gasteiger partial charge in [-0.05, 0) is 48.4 Å². The molecule has 220 valence electrons. The minimum absolute atomic E-state index is 0.0674. The molecule has 9 nitrogen and oxygen atoms in total. The van der Waals surface area contributed by atoms with Gasteiger partial charge in [-0.25, -0.2) is 0 Å². The van der Waals surface area contributed by atoms with Crippen molar-refractivity contribution < 1.29 is 32.6 Å². The van der Waals surface area contributed by atoms with E-state index in [0.29, 0.717) is 17.1 Å². The van der Waals surface area contributed by atoms with Crippen molar-refractivity contribution in [2.75, 3.05) is 19.6 Å². The molecule has 3 aromatic rings. The molecular formula is C29H28F2N4O5S2. The maximum atomic E-state index is 13.2. The van der Waals surface area contributed by atoms with Gasteiger partial charge in [0.1, 0.15) is 17.5 Å². The first kappa shape index (κ1) is 28.6. The molecule has 1 aromatic heterocycles. The molecule has 6 rings (SSSR count). The molecule has 3 aliphatic rings. The normalized spacial score (nSPS) is 19.0. The van der Waals surface area contributed by atoms with Crippen molar-refractivity contribution in [1.82, 2.24) is 20.9 Å². The highest BCUT2D eigenvalue weighted by molar-refractivity contribution is 7.99. The second-order valence-corrected chi connectivity index (χ2v) is 12.4. The van der Waals surface area contributed by atoms with E-state index in [0.717, 1.165) is 34.2 Å². The number of carbonyl (C=O) groups is 3. The standard InChI is InChI=1S/C29H28F2N4O5S2/c30-29(31)39-18-11-20(28(38)33-13-19-9-17-12-32-8-7-23(17)41-19)35(15-18)26(36)14-34-27(37)16-5-6-25-22(10-16)40-21-3-1-2-4-24(21)42-25/h1-6,9-10,18,20,29,32H,7-8,11-15H2,(H,33,38)(H,34,37)/t18-,20+/m1/s1. The van der Waals surface area contributed by atoms with Crippen LogP contribution in [0.3, 0.4) is 0 Å². The Morgan fingerprint density at radius 3 is 2.76 bits per heavy atom. The van der Waals surface area contributed by atoms with Crippen molar-refractivity contribution in [3.8, 4) is 11.5 Å². The van der Waals surface area contributed by atoms with E-state index in [4.69, 9.17) is 4.74 Å². The smallest absolute Gasteiger partial charge is 0.345 e. The lowest BCUT2D eigenvalue weighted by atomic mass is 10.1. The Kier molecular flexibility index (Phi) is 8.43. The monoisotopic (exact) mass is 614 g/mol. The summed E-state index contributed by atoms with van der Waals surface area (Å²) < 4.78 is 36.5. The zero-order valence-corrected chi connectivity index (χ0v) is 24.0. The molecule has 0 bridgehead atoms. The molecule has 2 atom stereocenters. The van der Waals surface area contributed by atoms with Crippen LogP contribution >= 0.6 is 23.1 Å². The summed E-state index contributed by atoms with van der Waals surface area (Å²) in [7, 11) is 0. The minimum Gasteiger partial charge on any atom is -0.455 e. The Balaban J connectivity index is 1.08. The molecule has 0 unspecified atom stereocenters. The summed E-state index contributed by atoms with van der Waals surface area (Å²) in [6, 6.07) is 13.6. The SMILES string of the molecule is O=C(NCC(=O)N1C[C@H](OC(F)F)C[C@H]1C(=O)NCc1cc2c(s1)CCNC2)c1ccc2c(c1)Oc1ccccc1S2. The van der Waals surface area contributed by atoms with Gasteiger partial charge in [0.25, 0.3) is 5.91 Å². The van der Waals surface area contributed by atoms with Crippen LogP contribution in [0.15, 0.2) is 58.3 Å². The largest absolute Gasteiger partial charge is 0.455 e. The maximum absolute atomic E-state index is 13.2.